The molecule has 2 rings (SSSR count). The number of hydrogen-bond donors (Lipinski definition) is 2. The predicted molar refractivity (Wildman–Crippen MR) is 70.7 cm³/mol. The number of carbonyl (C=O) groups is 1. The van der Waals surface area contributed by atoms with Crippen molar-refractivity contribution in [3.8, 4) is 0 Å². The normalized spacial score (nSPS) is 20.1. The van der Waals surface area contributed by atoms with Crippen molar-refractivity contribution in [3.63, 3.8) is 0 Å². The minimum atomic E-state index is -0.880. The highest BCUT2D eigenvalue weighted by Gasteiger charge is 2.32. The van der Waals surface area contributed by atoms with Crippen LogP contribution in [-0.2, 0) is 12.8 Å². The second kappa shape index (κ2) is 4.02. The number of nitrogen functional groups attached to an aromatic ring is 1. The summed E-state index contributed by atoms with van der Waals surface area (Å²) < 4.78 is 0. The van der Waals surface area contributed by atoms with Crippen LogP contribution >= 0.6 is 11.3 Å². The smallest absolute Gasteiger partial charge is 0.338 e. The minimum Gasteiger partial charge on any atom is -0.478 e. The zero-order chi connectivity index (χ0) is 12.8. The maximum absolute atomic E-state index is 11.2. The zero-order valence-corrected chi connectivity index (χ0v) is 11.4. The summed E-state index contributed by atoms with van der Waals surface area (Å²) in [6, 6.07) is 0. The summed E-state index contributed by atoms with van der Waals surface area (Å²) in [6.45, 7) is 6.74. The van der Waals surface area contributed by atoms with Crippen molar-refractivity contribution in [2.75, 3.05) is 5.73 Å². The molecule has 4 heteroatoms. The van der Waals surface area contributed by atoms with Gasteiger partial charge in [-0.25, -0.2) is 4.79 Å². The molecular formula is C13H19NO2S. The largest absolute Gasteiger partial charge is 0.478 e. The van der Waals surface area contributed by atoms with Crippen LogP contribution in [0, 0.1) is 11.3 Å². The fourth-order valence-corrected chi connectivity index (χ4v) is 3.77. The van der Waals surface area contributed by atoms with Crippen molar-refractivity contribution in [1.29, 1.82) is 0 Å². The van der Waals surface area contributed by atoms with E-state index in [-0.39, 0.29) is 5.41 Å². The number of hydrogen-bond acceptors (Lipinski definition) is 3. The fraction of sp³-hybridized carbons (Fsp3) is 0.615. The molecular weight excluding hydrogens is 234 g/mol. The number of fused-ring (bicyclic) bond motifs is 1. The van der Waals surface area contributed by atoms with Crippen LogP contribution < -0.4 is 5.73 Å². The van der Waals surface area contributed by atoms with E-state index in [1.54, 1.807) is 0 Å². The van der Waals surface area contributed by atoms with E-state index in [4.69, 9.17) is 10.8 Å². The second-order valence-electron chi connectivity index (χ2n) is 5.85. The van der Waals surface area contributed by atoms with E-state index in [1.165, 1.54) is 16.2 Å². The summed E-state index contributed by atoms with van der Waals surface area (Å²) in [6.07, 6.45) is 2.89. The topological polar surface area (TPSA) is 63.3 Å². The molecule has 0 aliphatic heterocycles. The van der Waals surface area contributed by atoms with Crippen molar-refractivity contribution in [2.24, 2.45) is 11.3 Å². The van der Waals surface area contributed by atoms with Crippen LogP contribution in [0.2, 0.25) is 0 Å². The van der Waals surface area contributed by atoms with E-state index in [0.29, 0.717) is 16.5 Å². The Bertz CT molecular complexity index is 457. The molecule has 0 radical (unpaired) electrons. The first kappa shape index (κ1) is 12.4. The van der Waals surface area contributed by atoms with Gasteiger partial charge in [-0.15, -0.1) is 11.3 Å². The van der Waals surface area contributed by atoms with Crippen molar-refractivity contribution < 1.29 is 9.90 Å². The highest BCUT2D eigenvalue weighted by Crippen LogP contribution is 2.43. The third-order valence-electron chi connectivity index (χ3n) is 3.73. The number of anilines is 1. The molecule has 0 aromatic carbocycles. The number of aromatic carboxylic acids is 1. The summed E-state index contributed by atoms with van der Waals surface area (Å²) >= 11 is 1.46. The van der Waals surface area contributed by atoms with Crippen LogP contribution in [0.15, 0.2) is 0 Å². The monoisotopic (exact) mass is 253 g/mol. The van der Waals surface area contributed by atoms with Crippen LogP contribution in [0.5, 0.6) is 0 Å². The molecule has 1 aromatic heterocycles. The van der Waals surface area contributed by atoms with Gasteiger partial charge in [0.15, 0.2) is 0 Å². The van der Waals surface area contributed by atoms with E-state index < -0.39 is 5.97 Å². The van der Waals surface area contributed by atoms with Crippen molar-refractivity contribution >= 4 is 22.3 Å². The molecule has 0 unspecified atom stereocenters. The van der Waals surface area contributed by atoms with Gasteiger partial charge in [-0.1, -0.05) is 20.8 Å². The lowest BCUT2D eigenvalue weighted by Crippen LogP contribution is -2.26. The summed E-state index contributed by atoms with van der Waals surface area (Å²) in [4.78, 5) is 12.3. The van der Waals surface area contributed by atoms with Crippen LogP contribution in [0.4, 0.5) is 5.00 Å². The lowest BCUT2D eigenvalue weighted by molar-refractivity contribution is 0.0696. The van der Waals surface area contributed by atoms with Crippen LogP contribution in [0.1, 0.15) is 48.0 Å². The summed E-state index contributed by atoms with van der Waals surface area (Å²) in [5.41, 5.74) is 7.44. The Morgan fingerprint density at radius 3 is 2.65 bits per heavy atom. The number of rotatable bonds is 1. The standard InChI is InChI=1S/C13H19NO2S/c1-13(2,3)7-4-5-8-9(6-7)17-11(14)10(8)12(15)16/h7H,4-6,14H2,1-3H3,(H,15,16)/t7-/m0/s1. The number of thiophene rings is 1. The molecule has 94 valence electrons. The van der Waals surface area contributed by atoms with E-state index in [0.717, 1.165) is 24.8 Å². The van der Waals surface area contributed by atoms with Gasteiger partial charge in [-0.3, -0.25) is 0 Å². The van der Waals surface area contributed by atoms with Crippen LogP contribution in [0.25, 0.3) is 0 Å². The maximum Gasteiger partial charge on any atom is 0.338 e. The SMILES string of the molecule is CC(C)(C)[C@H]1CCc2c(sc(N)c2C(=O)O)C1. The lowest BCUT2D eigenvalue weighted by atomic mass is 9.72. The molecule has 0 fully saturated rings. The molecule has 1 atom stereocenters. The molecule has 17 heavy (non-hydrogen) atoms. The zero-order valence-electron chi connectivity index (χ0n) is 10.5. The third kappa shape index (κ3) is 2.18. The first-order valence-electron chi connectivity index (χ1n) is 5.94. The minimum absolute atomic E-state index is 0.278. The molecule has 1 aliphatic carbocycles. The maximum atomic E-state index is 11.2. The molecule has 0 amide bonds. The van der Waals surface area contributed by atoms with Gasteiger partial charge < -0.3 is 10.8 Å². The predicted octanol–water partition coefficient (Wildman–Crippen LogP) is 3.18. The quantitative estimate of drug-likeness (QED) is 0.808. The van der Waals surface area contributed by atoms with Gasteiger partial charge >= 0.3 is 5.97 Å². The third-order valence-corrected chi connectivity index (χ3v) is 4.81. The van der Waals surface area contributed by atoms with E-state index in [1.807, 2.05) is 0 Å². The highest BCUT2D eigenvalue weighted by atomic mass is 32.1. The first-order chi connectivity index (χ1) is 7.80. The van der Waals surface area contributed by atoms with Gasteiger partial charge in [-0.2, -0.15) is 0 Å². The average molecular weight is 253 g/mol. The average Bonchev–Trinajstić information content (AvgIpc) is 2.50. The molecule has 0 spiro atoms. The Morgan fingerprint density at radius 1 is 1.47 bits per heavy atom. The number of carboxylic acids is 1. The van der Waals surface area contributed by atoms with Gasteiger partial charge in [-0.05, 0) is 36.2 Å². The highest BCUT2D eigenvalue weighted by molar-refractivity contribution is 7.16. The lowest BCUT2D eigenvalue weighted by Gasteiger charge is -2.33. The second-order valence-corrected chi connectivity index (χ2v) is 6.99. The molecule has 1 aromatic rings. The van der Waals surface area contributed by atoms with Crippen molar-refractivity contribution in [3.05, 3.63) is 16.0 Å². The summed E-state index contributed by atoms with van der Waals surface area (Å²) in [5, 5.41) is 9.63. The molecule has 3 nitrogen and oxygen atoms in total. The van der Waals surface area contributed by atoms with Gasteiger partial charge in [0.25, 0.3) is 0 Å². The molecule has 1 heterocycles. The Morgan fingerprint density at radius 2 is 2.12 bits per heavy atom. The van der Waals surface area contributed by atoms with E-state index in [9.17, 15) is 4.79 Å². The molecule has 0 saturated heterocycles. The molecule has 1 aliphatic rings. The molecule has 0 bridgehead atoms. The van der Waals surface area contributed by atoms with Crippen molar-refractivity contribution in [1.82, 2.24) is 0 Å². The Hall–Kier alpha value is -1.03. The van der Waals surface area contributed by atoms with Crippen LogP contribution in [-0.4, -0.2) is 11.1 Å². The molecule has 3 N–H and O–H groups in total. The number of nitrogens with two attached hydrogens (primary N) is 1. The van der Waals surface area contributed by atoms with Crippen LogP contribution in [0.3, 0.4) is 0 Å². The summed E-state index contributed by atoms with van der Waals surface area (Å²) in [7, 11) is 0. The van der Waals surface area contributed by atoms with Crippen molar-refractivity contribution in [2.45, 2.75) is 40.0 Å². The molecule has 0 saturated carbocycles. The van der Waals surface area contributed by atoms with Gasteiger partial charge in [0, 0.05) is 4.88 Å². The van der Waals surface area contributed by atoms with E-state index >= 15 is 0 Å². The van der Waals surface area contributed by atoms with E-state index in [2.05, 4.69) is 20.8 Å². The Kier molecular flexibility index (Phi) is 2.94. The fourth-order valence-electron chi connectivity index (χ4n) is 2.58. The Balaban J connectivity index is 2.35. The Labute approximate surface area is 106 Å². The van der Waals surface area contributed by atoms with Gasteiger partial charge in [0.1, 0.15) is 5.00 Å². The summed E-state index contributed by atoms with van der Waals surface area (Å²) in [5.74, 6) is -0.260. The number of carboxylic acid groups (broad SMARTS) is 1. The van der Waals surface area contributed by atoms with Gasteiger partial charge in [0.05, 0.1) is 5.56 Å². The van der Waals surface area contributed by atoms with Gasteiger partial charge in [0.2, 0.25) is 0 Å². The first-order valence-corrected chi connectivity index (χ1v) is 6.75.